The Morgan fingerprint density at radius 2 is 1.66 bits per heavy atom. The van der Waals surface area contributed by atoms with E-state index in [9.17, 15) is 22.8 Å². The van der Waals surface area contributed by atoms with Gasteiger partial charge in [-0.2, -0.15) is 4.80 Å². The average molecular weight is 543 g/mol. The number of amides is 2. The van der Waals surface area contributed by atoms with Crippen molar-refractivity contribution >= 4 is 29.1 Å². The van der Waals surface area contributed by atoms with Crippen LogP contribution in [0.4, 0.5) is 18.9 Å². The number of hydrogen-bond acceptors (Lipinski definition) is 5. The lowest BCUT2D eigenvalue weighted by molar-refractivity contribution is -0.127. The summed E-state index contributed by atoms with van der Waals surface area (Å²) in [7, 11) is 0. The molecule has 0 aliphatic carbocycles. The first-order valence-electron chi connectivity index (χ1n) is 11.6. The van der Waals surface area contributed by atoms with Crippen LogP contribution in [0.1, 0.15) is 18.9 Å². The summed E-state index contributed by atoms with van der Waals surface area (Å²) in [6, 6.07) is 13.8. The Balaban J connectivity index is 1.58. The molecule has 0 radical (unpaired) electrons. The summed E-state index contributed by atoms with van der Waals surface area (Å²) in [6.07, 6.45) is 0.210. The minimum absolute atomic E-state index is 0.105. The van der Waals surface area contributed by atoms with Crippen LogP contribution in [0.3, 0.4) is 0 Å². The molecule has 12 heteroatoms. The van der Waals surface area contributed by atoms with E-state index in [1.165, 1.54) is 65.6 Å². The molecule has 4 aromatic rings. The average Bonchev–Trinajstić information content (AvgIpc) is 3.37. The molecule has 2 amide bonds. The Kier molecular flexibility index (Phi) is 8.37. The third-order valence-corrected chi connectivity index (χ3v) is 5.95. The molecule has 38 heavy (non-hydrogen) atoms. The molecule has 0 saturated heterocycles. The molecule has 0 bridgehead atoms. The maximum absolute atomic E-state index is 13.9. The quantitative estimate of drug-likeness (QED) is 0.335. The lowest BCUT2D eigenvalue weighted by atomic mass is 10.1. The minimum Gasteiger partial charge on any atom is -0.350 e. The van der Waals surface area contributed by atoms with E-state index in [1.54, 1.807) is 6.92 Å². The molecule has 1 N–H and O–H groups in total. The second-order valence-electron chi connectivity index (χ2n) is 8.28. The molecule has 1 atom stereocenters. The molecule has 0 fully saturated rings. The number of benzene rings is 3. The van der Waals surface area contributed by atoms with Crippen LogP contribution in [0, 0.1) is 17.5 Å². The maximum Gasteiger partial charge on any atom is 0.251 e. The van der Waals surface area contributed by atoms with Crippen LogP contribution >= 0.6 is 11.6 Å². The van der Waals surface area contributed by atoms with Gasteiger partial charge < -0.3 is 5.32 Å². The highest BCUT2D eigenvalue weighted by Gasteiger charge is 2.31. The fourth-order valence-corrected chi connectivity index (χ4v) is 3.92. The van der Waals surface area contributed by atoms with E-state index in [-0.39, 0.29) is 29.5 Å². The van der Waals surface area contributed by atoms with E-state index in [4.69, 9.17) is 11.6 Å². The van der Waals surface area contributed by atoms with Gasteiger partial charge in [0, 0.05) is 17.8 Å². The number of hydrogen-bond donors (Lipinski definition) is 1. The first-order chi connectivity index (χ1) is 18.2. The van der Waals surface area contributed by atoms with Crippen molar-refractivity contribution < 1.29 is 22.8 Å². The lowest BCUT2D eigenvalue weighted by Gasteiger charge is -2.30. The summed E-state index contributed by atoms with van der Waals surface area (Å²) < 4.78 is 40.3. The van der Waals surface area contributed by atoms with Gasteiger partial charge in [-0.15, -0.1) is 10.2 Å². The van der Waals surface area contributed by atoms with Gasteiger partial charge in [0.1, 0.15) is 30.0 Å². The summed E-state index contributed by atoms with van der Waals surface area (Å²) in [4.78, 5) is 28.9. The van der Waals surface area contributed by atoms with Gasteiger partial charge in [-0.25, -0.2) is 13.2 Å². The smallest absolute Gasteiger partial charge is 0.251 e. The second-order valence-corrected chi connectivity index (χ2v) is 8.69. The van der Waals surface area contributed by atoms with Gasteiger partial charge >= 0.3 is 0 Å². The minimum atomic E-state index is -0.996. The van der Waals surface area contributed by atoms with E-state index in [1.807, 2.05) is 0 Å². The zero-order valence-corrected chi connectivity index (χ0v) is 20.9. The van der Waals surface area contributed by atoms with Gasteiger partial charge in [0.15, 0.2) is 0 Å². The molecule has 0 unspecified atom stereocenters. The summed E-state index contributed by atoms with van der Waals surface area (Å²) in [5, 5.41) is 14.5. The summed E-state index contributed by atoms with van der Waals surface area (Å²) >= 11 is 5.98. The highest BCUT2D eigenvalue weighted by Crippen LogP contribution is 2.26. The SMILES string of the molecule is CC[C@H](C(=O)NCc1ccc(F)cc1)N(C(=O)Cn1nnc(-c2ccc(F)cc2)n1)c1ccc(F)c(Cl)c1. The molecule has 0 aliphatic rings. The van der Waals surface area contributed by atoms with Crippen LogP contribution in [0.15, 0.2) is 66.7 Å². The van der Waals surface area contributed by atoms with Crippen LogP contribution in [0.25, 0.3) is 11.4 Å². The van der Waals surface area contributed by atoms with Gasteiger partial charge in [0.25, 0.3) is 5.91 Å². The number of aromatic nitrogens is 4. The molecule has 0 spiro atoms. The Morgan fingerprint density at radius 1 is 1.00 bits per heavy atom. The van der Waals surface area contributed by atoms with Crippen LogP contribution in [-0.4, -0.2) is 38.1 Å². The molecule has 196 valence electrons. The van der Waals surface area contributed by atoms with Crippen molar-refractivity contribution in [2.24, 2.45) is 0 Å². The van der Waals surface area contributed by atoms with Crippen molar-refractivity contribution in [1.82, 2.24) is 25.5 Å². The normalized spacial score (nSPS) is 11.7. The van der Waals surface area contributed by atoms with Crippen molar-refractivity contribution in [3.8, 4) is 11.4 Å². The zero-order chi connectivity index (χ0) is 27.2. The summed E-state index contributed by atoms with van der Waals surface area (Å²) in [6.45, 7) is 1.42. The van der Waals surface area contributed by atoms with Crippen LogP contribution < -0.4 is 10.2 Å². The third kappa shape index (κ3) is 6.35. The van der Waals surface area contributed by atoms with Crippen molar-refractivity contribution in [2.45, 2.75) is 32.5 Å². The number of nitrogens with zero attached hydrogens (tertiary/aromatic N) is 5. The topological polar surface area (TPSA) is 93.0 Å². The predicted octanol–water partition coefficient (Wildman–Crippen LogP) is 4.54. The number of halogens is 4. The van der Waals surface area contributed by atoms with Gasteiger partial charge in [-0.05, 0) is 71.8 Å². The largest absolute Gasteiger partial charge is 0.350 e. The fourth-order valence-electron chi connectivity index (χ4n) is 3.75. The number of carbonyl (C=O) groups is 2. The third-order valence-electron chi connectivity index (χ3n) is 5.66. The highest BCUT2D eigenvalue weighted by molar-refractivity contribution is 6.31. The number of rotatable bonds is 9. The molecule has 3 aromatic carbocycles. The van der Waals surface area contributed by atoms with Crippen molar-refractivity contribution in [1.29, 1.82) is 0 Å². The fraction of sp³-hybridized carbons (Fsp3) is 0.192. The first-order valence-corrected chi connectivity index (χ1v) is 12.0. The number of tetrazole rings is 1. The lowest BCUT2D eigenvalue weighted by Crippen LogP contribution is -2.50. The zero-order valence-electron chi connectivity index (χ0n) is 20.1. The molecule has 0 aliphatic heterocycles. The van der Waals surface area contributed by atoms with E-state index in [0.29, 0.717) is 11.1 Å². The van der Waals surface area contributed by atoms with Crippen LogP contribution in [0.2, 0.25) is 5.02 Å². The summed E-state index contributed by atoms with van der Waals surface area (Å²) in [5.41, 5.74) is 1.36. The first kappa shape index (κ1) is 26.8. The van der Waals surface area contributed by atoms with Gasteiger partial charge in [-0.1, -0.05) is 30.7 Å². The molecule has 1 aromatic heterocycles. The Hall–Kier alpha value is -4.25. The predicted molar refractivity (Wildman–Crippen MR) is 134 cm³/mol. The summed E-state index contributed by atoms with van der Waals surface area (Å²) in [5.74, 6) is -2.39. The van der Waals surface area contributed by atoms with Gasteiger partial charge in [0.05, 0.1) is 5.02 Å². The monoisotopic (exact) mass is 542 g/mol. The number of anilines is 1. The van der Waals surface area contributed by atoms with E-state index < -0.39 is 41.9 Å². The molecule has 0 saturated carbocycles. The number of carbonyl (C=O) groups excluding carboxylic acids is 2. The maximum atomic E-state index is 13.9. The molecule has 8 nitrogen and oxygen atoms in total. The second kappa shape index (κ2) is 11.9. The Labute approximate surface area is 221 Å². The standard InChI is InChI=1S/C26H22ClF3N6O2/c1-2-23(26(38)31-14-16-3-7-18(28)8-4-16)36(20-11-12-22(30)21(27)13-20)24(37)15-35-33-25(32-34-35)17-5-9-19(29)10-6-17/h3-13,23H,2,14-15H2,1H3,(H,31,38)/t23-/m1/s1. The Morgan fingerprint density at radius 3 is 2.29 bits per heavy atom. The van der Waals surface area contributed by atoms with E-state index >= 15 is 0 Å². The molecule has 4 rings (SSSR count). The Bertz CT molecular complexity index is 1430. The van der Waals surface area contributed by atoms with Gasteiger partial charge in [0.2, 0.25) is 11.7 Å². The highest BCUT2D eigenvalue weighted by atomic mass is 35.5. The van der Waals surface area contributed by atoms with Crippen molar-refractivity contribution in [3.05, 3.63) is 94.8 Å². The van der Waals surface area contributed by atoms with E-state index in [0.717, 1.165) is 10.9 Å². The van der Waals surface area contributed by atoms with Crippen LogP contribution in [-0.2, 0) is 22.7 Å². The molecular weight excluding hydrogens is 521 g/mol. The van der Waals surface area contributed by atoms with Crippen molar-refractivity contribution in [3.63, 3.8) is 0 Å². The van der Waals surface area contributed by atoms with Gasteiger partial charge in [-0.3, -0.25) is 14.5 Å². The van der Waals surface area contributed by atoms with E-state index in [2.05, 4.69) is 20.7 Å². The van der Waals surface area contributed by atoms with Crippen LogP contribution in [0.5, 0.6) is 0 Å². The van der Waals surface area contributed by atoms with Crippen molar-refractivity contribution in [2.75, 3.05) is 4.90 Å². The number of nitrogens with one attached hydrogen (secondary N) is 1. The molecular formula is C26H22ClF3N6O2. The molecule has 1 heterocycles.